The van der Waals surface area contributed by atoms with E-state index in [1.165, 1.54) is 31.2 Å². The summed E-state index contributed by atoms with van der Waals surface area (Å²) in [6, 6.07) is 6.44. The first kappa shape index (κ1) is 15.6. The van der Waals surface area contributed by atoms with Crippen LogP contribution in [0.15, 0.2) is 30.3 Å². The van der Waals surface area contributed by atoms with Gasteiger partial charge < -0.3 is 5.32 Å². The van der Waals surface area contributed by atoms with E-state index in [2.05, 4.69) is 5.32 Å². The standard InChI is InChI=1S/C17H18F3N/c1-3-6-21-10-12-8-13(18)4-5-14(12)15-9-16(19)11(2)7-17(15)20/h4-5,7-9,21H,3,6,10H2,1-2H3. The molecule has 0 amide bonds. The molecule has 0 fully saturated rings. The van der Waals surface area contributed by atoms with Crippen LogP contribution >= 0.6 is 0 Å². The van der Waals surface area contributed by atoms with Crippen LogP contribution < -0.4 is 5.32 Å². The van der Waals surface area contributed by atoms with E-state index in [0.29, 0.717) is 17.7 Å². The maximum Gasteiger partial charge on any atom is 0.131 e. The van der Waals surface area contributed by atoms with E-state index in [9.17, 15) is 13.2 Å². The molecule has 21 heavy (non-hydrogen) atoms. The summed E-state index contributed by atoms with van der Waals surface area (Å²) in [5.41, 5.74) is 1.54. The average molecular weight is 293 g/mol. The number of aryl methyl sites for hydroxylation is 1. The minimum absolute atomic E-state index is 0.159. The van der Waals surface area contributed by atoms with Crippen molar-refractivity contribution in [3.63, 3.8) is 0 Å². The molecule has 4 heteroatoms. The van der Waals surface area contributed by atoms with Crippen molar-refractivity contribution in [3.8, 4) is 11.1 Å². The predicted molar refractivity (Wildman–Crippen MR) is 78.5 cm³/mol. The summed E-state index contributed by atoms with van der Waals surface area (Å²) in [5, 5.41) is 3.15. The molecule has 0 unspecified atom stereocenters. The van der Waals surface area contributed by atoms with Crippen LogP contribution in [-0.2, 0) is 6.54 Å². The van der Waals surface area contributed by atoms with E-state index in [1.807, 2.05) is 6.92 Å². The van der Waals surface area contributed by atoms with Gasteiger partial charge in [0.2, 0.25) is 0 Å². The van der Waals surface area contributed by atoms with Crippen LogP contribution in [0.3, 0.4) is 0 Å². The highest BCUT2D eigenvalue weighted by Crippen LogP contribution is 2.29. The lowest BCUT2D eigenvalue weighted by atomic mass is 9.97. The summed E-state index contributed by atoms with van der Waals surface area (Å²) in [7, 11) is 0. The molecule has 0 saturated carbocycles. The summed E-state index contributed by atoms with van der Waals surface area (Å²) in [4.78, 5) is 0. The lowest BCUT2D eigenvalue weighted by Gasteiger charge is -2.12. The van der Waals surface area contributed by atoms with Crippen molar-refractivity contribution in [3.05, 3.63) is 58.9 Å². The molecule has 0 spiro atoms. The molecule has 1 N–H and O–H groups in total. The van der Waals surface area contributed by atoms with Gasteiger partial charge in [-0.2, -0.15) is 0 Å². The maximum absolute atomic E-state index is 14.1. The van der Waals surface area contributed by atoms with Gasteiger partial charge in [0, 0.05) is 12.1 Å². The fourth-order valence-corrected chi connectivity index (χ4v) is 2.22. The Morgan fingerprint density at radius 1 is 0.952 bits per heavy atom. The number of hydrogen-bond acceptors (Lipinski definition) is 1. The van der Waals surface area contributed by atoms with Crippen LogP contribution in [0.25, 0.3) is 11.1 Å². The van der Waals surface area contributed by atoms with Crippen LogP contribution in [0.5, 0.6) is 0 Å². The number of nitrogens with one attached hydrogen (secondary N) is 1. The first-order valence-corrected chi connectivity index (χ1v) is 6.98. The van der Waals surface area contributed by atoms with Gasteiger partial charge in [0.15, 0.2) is 0 Å². The van der Waals surface area contributed by atoms with Crippen molar-refractivity contribution in [2.75, 3.05) is 6.54 Å². The summed E-state index contributed by atoms with van der Waals surface area (Å²) in [6.07, 6.45) is 0.943. The van der Waals surface area contributed by atoms with Gasteiger partial charge in [0.1, 0.15) is 17.5 Å². The second kappa shape index (κ2) is 6.76. The van der Waals surface area contributed by atoms with Gasteiger partial charge in [0.05, 0.1) is 0 Å². The van der Waals surface area contributed by atoms with E-state index < -0.39 is 11.6 Å². The van der Waals surface area contributed by atoms with Crippen molar-refractivity contribution in [1.29, 1.82) is 0 Å². The third-order valence-electron chi connectivity index (χ3n) is 3.35. The number of rotatable bonds is 5. The minimum atomic E-state index is -0.503. The molecular weight excluding hydrogens is 275 g/mol. The Morgan fingerprint density at radius 3 is 2.43 bits per heavy atom. The molecule has 0 atom stereocenters. The molecule has 0 aliphatic heterocycles. The van der Waals surface area contributed by atoms with Crippen LogP contribution in [0, 0.1) is 24.4 Å². The topological polar surface area (TPSA) is 12.0 Å². The van der Waals surface area contributed by atoms with Gasteiger partial charge >= 0.3 is 0 Å². The third-order valence-corrected chi connectivity index (χ3v) is 3.35. The molecule has 2 rings (SSSR count). The highest BCUT2D eigenvalue weighted by atomic mass is 19.1. The van der Waals surface area contributed by atoms with Crippen LogP contribution in [0.4, 0.5) is 13.2 Å². The fraction of sp³-hybridized carbons (Fsp3) is 0.294. The molecule has 0 aliphatic rings. The quantitative estimate of drug-likeness (QED) is 0.796. The number of benzene rings is 2. The first-order valence-electron chi connectivity index (χ1n) is 6.98. The van der Waals surface area contributed by atoms with E-state index in [1.54, 1.807) is 0 Å². The zero-order chi connectivity index (χ0) is 15.4. The van der Waals surface area contributed by atoms with Crippen LogP contribution in [0.2, 0.25) is 0 Å². The fourth-order valence-electron chi connectivity index (χ4n) is 2.22. The Labute approximate surface area is 122 Å². The third kappa shape index (κ3) is 3.64. The van der Waals surface area contributed by atoms with E-state index in [-0.39, 0.29) is 16.9 Å². The normalized spacial score (nSPS) is 10.9. The first-order chi connectivity index (χ1) is 10.0. The Balaban J connectivity index is 2.45. The molecule has 0 aromatic heterocycles. The second-order valence-corrected chi connectivity index (χ2v) is 5.06. The molecule has 112 valence electrons. The Hall–Kier alpha value is -1.81. The molecule has 2 aromatic rings. The van der Waals surface area contributed by atoms with Gasteiger partial charge in [-0.3, -0.25) is 0 Å². The van der Waals surface area contributed by atoms with Crippen LogP contribution in [0.1, 0.15) is 24.5 Å². The largest absolute Gasteiger partial charge is 0.313 e. The summed E-state index contributed by atoms with van der Waals surface area (Å²) in [6.45, 7) is 4.72. The molecule has 0 bridgehead atoms. The molecule has 0 heterocycles. The summed E-state index contributed by atoms with van der Waals surface area (Å²) < 4.78 is 41.2. The van der Waals surface area contributed by atoms with Crippen molar-refractivity contribution < 1.29 is 13.2 Å². The molecule has 1 nitrogen and oxygen atoms in total. The lowest BCUT2D eigenvalue weighted by molar-refractivity contribution is 0.594. The highest BCUT2D eigenvalue weighted by Gasteiger charge is 2.13. The van der Waals surface area contributed by atoms with Crippen molar-refractivity contribution >= 4 is 0 Å². The maximum atomic E-state index is 14.1. The summed E-state index contributed by atoms with van der Waals surface area (Å²) in [5.74, 6) is -1.36. The summed E-state index contributed by atoms with van der Waals surface area (Å²) >= 11 is 0. The van der Waals surface area contributed by atoms with Crippen molar-refractivity contribution in [2.24, 2.45) is 0 Å². The Kier molecular flexibility index (Phi) is 5.02. The van der Waals surface area contributed by atoms with E-state index in [0.717, 1.165) is 19.0 Å². The molecule has 0 radical (unpaired) electrons. The molecule has 0 aliphatic carbocycles. The lowest BCUT2D eigenvalue weighted by Crippen LogP contribution is -2.14. The van der Waals surface area contributed by atoms with E-state index in [4.69, 9.17) is 0 Å². The van der Waals surface area contributed by atoms with Gasteiger partial charge in [-0.1, -0.05) is 13.0 Å². The minimum Gasteiger partial charge on any atom is -0.313 e. The monoisotopic (exact) mass is 293 g/mol. The van der Waals surface area contributed by atoms with Gasteiger partial charge in [0.25, 0.3) is 0 Å². The molecule has 2 aromatic carbocycles. The van der Waals surface area contributed by atoms with Gasteiger partial charge in [-0.15, -0.1) is 0 Å². The smallest absolute Gasteiger partial charge is 0.131 e. The van der Waals surface area contributed by atoms with Crippen molar-refractivity contribution in [1.82, 2.24) is 5.32 Å². The SMILES string of the molecule is CCCNCc1cc(F)ccc1-c1cc(F)c(C)cc1F. The van der Waals surface area contributed by atoms with Gasteiger partial charge in [-0.05, 0) is 60.8 Å². The van der Waals surface area contributed by atoms with E-state index >= 15 is 0 Å². The van der Waals surface area contributed by atoms with Crippen LogP contribution in [-0.4, -0.2) is 6.54 Å². The second-order valence-electron chi connectivity index (χ2n) is 5.06. The molecule has 0 saturated heterocycles. The highest BCUT2D eigenvalue weighted by molar-refractivity contribution is 5.68. The zero-order valence-corrected chi connectivity index (χ0v) is 12.1. The van der Waals surface area contributed by atoms with Crippen molar-refractivity contribution in [2.45, 2.75) is 26.8 Å². The number of hydrogen-bond donors (Lipinski definition) is 1. The zero-order valence-electron chi connectivity index (χ0n) is 12.1. The predicted octanol–water partition coefficient (Wildman–Crippen LogP) is 4.58. The average Bonchev–Trinajstić information content (AvgIpc) is 2.44. The Bertz CT molecular complexity index is 638. The van der Waals surface area contributed by atoms with Gasteiger partial charge in [-0.25, -0.2) is 13.2 Å². The Morgan fingerprint density at radius 2 is 1.71 bits per heavy atom. The molecular formula is C17H18F3N. The number of halogens is 3.